The molecule has 3 heteroatoms. The molecule has 92 valence electrons. The van der Waals surface area contributed by atoms with E-state index in [0.29, 0.717) is 6.54 Å². The Balaban J connectivity index is 4.75. The lowest BCUT2D eigenvalue weighted by Crippen LogP contribution is -2.46. The minimum Gasteiger partial charge on any atom is -0.334 e. The molecule has 3 nitrogen and oxygen atoms in total. The van der Waals surface area contributed by atoms with Crippen molar-refractivity contribution < 1.29 is 9.59 Å². The van der Waals surface area contributed by atoms with Gasteiger partial charge in [-0.25, -0.2) is 0 Å². The van der Waals surface area contributed by atoms with Gasteiger partial charge in [-0.15, -0.1) is 0 Å². The maximum absolute atomic E-state index is 11.9. The van der Waals surface area contributed by atoms with Crippen LogP contribution in [0.1, 0.15) is 48.0 Å². The Morgan fingerprint density at radius 3 is 1.94 bits per heavy atom. The van der Waals surface area contributed by atoms with Crippen molar-refractivity contribution in [1.82, 2.24) is 4.90 Å². The standard InChI is InChI=1S/C13H23NO2/c1-10(2)7-8-14(13(4,5)6)12(16)9-11(3)15/h7H,8-9H2,1-6H3. The Morgan fingerprint density at radius 1 is 1.12 bits per heavy atom. The average molecular weight is 225 g/mol. The average Bonchev–Trinajstić information content (AvgIpc) is 1.98. The third kappa shape index (κ3) is 5.69. The van der Waals surface area contributed by atoms with E-state index in [2.05, 4.69) is 0 Å². The van der Waals surface area contributed by atoms with Crippen molar-refractivity contribution in [3.63, 3.8) is 0 Å². The molecule has 0 bridgehead atoms. The highest BCUT2D eigenvalue weighted by Crippen LogP contribution is 2.15. The zero-order chi connectivity index (χ0) is 12.9. The second-order valence-electron chi connectivity index (χ2n) is 5.34. The van der Waals surface area contributed by atoms with E-state index >= 15 is 0 Å². The Kier molecular flexibility index (Phi) is 5.42. The summed E-state index contributed by atoms with van der Waals surface area (Å²) in [5.74, 6) is -0.186. The largest absolute Gasteiger partial charge is 0.334 e. The summed E-state index contributed by atoms with van der Waals surface area (Å²) in [5.41, 5.74) is 0.920. The van der Waals surface area contributed by atoms with Gasteiger partial charge in [0.25, 0.3) is 0 Å². The van der Waals surface area contributed by atoms with Crippen molar-refractivity contribution in [3.05, 3.63) is 11.6 Å². The molecule has 0 aromatic rings. The fourth-order valence-corrected chi connectivity index (χ4v) is 1.33. The molecule has 16 heavy (non-hydrogen) atoms. The zero-order valence-electron chi connectivity index (χ0n) is 11.3. The van der Waals surface area contributed by atoms with Gasteiger partial charge in [0.15, 0.2) is 0 Å². The van der Waals surface area contributed by atoms with Gasteiger partial charge in [0.2, 0.25) is 5.91 Å². The first-order valence-corrected chi connectivity index (χ1v) is 5.58. The van der Waals surface area contributed by atoms with E-state index in [1.807, 2.05) is 40.7 Å². The van der Waals surface area contributed by atoms with Crippen molar-refractivity contribution in [2.45, 2.75) is 53.5 Å². The molecular formula is C13H23NO2. The monoisotopic (exact) mass is 225 g/mol. The number of carbonyl (C=O) groups is 2. The summed E-state index contributed by atoms with van der Waals surface area (Å²) in [6.45, 7) is 11.9. The molecule has 0 fully saturated rings. The molecule has 0 aromatic carbocycles. The maximum Gasteiger partial charge on any atom is 0.230 e. The lowest BCUT2D eigenvalue weighted by Gasteiger charge is -2.35. The number of rotatable bonds is 4. The second kappa shape index (κ2) is 5.83. The fourth-order valence-electron chi connectivity index (χ4n) is 1.33. The number of amides is 1. The number of hydrogen-bond acceptors (Lipinski definition) is 2. The summed E-state index contributed by atoms with van der Waals surface area (Å²) < 4.78 is 0. The molecule has 0 aromatic heterocycles. The topological polar surface area (TPSA) is 37.4 Å². The molecule has 0 aliphatic carbocycles. The van der Waals surface area contributed by atoms with Crippen LogP contribution in [0.5, 0.6) is 0 Å². The van der Waals surface area contributed by atoms with Crippen LogP contribution in [0.4, 0.5) is 0 Å². The molecule has 0 saturated carbocycles. The van der Waals surface area contributed by atoms with E-state index < -0.39 is 0 Å². The summed E-state index contributed by atoms with van der Waals surface area (Å²) in [6, 6.07) is 0. The summed E-state index contributed by atoms with van der Waals surface area (Å²) >= 11 is 0. The number of Topliss-reactive ketones (excluding diaryl/α,β-unsaturated/α-hetero) is 1. The highest BCUT2D eigenvalue weighted by atomic mass is 16.2. The smallest absolute Gasteiger partial charge is 0.230 e. The van der Waals surface area contributed by atoms with Crippen LogP contribution in [-0.4, -0.2) is 28.7 Å². The molecule has 0 N–H and O–H groups in total. The van der Waals surface area contributed by atoms with Gasteiger partial charge < -0.3 is 4.90 Å². The molecule has 0 saturated heterocycles. The molecule has 0 spiro atoms. The van der Waals surface area contributed by atoms with Gasteiger partial charge in [0.1, 0.15) is 5.78 Å². The van der Waals surface area contributed by atoms with Gasteiger partial charge in [-0.05, 0) is 41.5 Å². The Bertz CT molecular complexity index is 294. The first-order chi connectivity index (χ1) is 7.14. The van der Waals surface area contributed by atoms with E-state index in [4.69, 9.17) is 0 Å². The lowest BCUT2D eigenvalue weighted by molar-refractivity contribution is -0.138. The molecule has 0 unspecified atom stereocenters. The highest BCUT2D eigenvalue weighted by Gasteiger charge is 2.25. The number of carbonyl (C=O) groups excluding carboxylic acids is 2. The SMILES string of the molecule is CC(=O)CC(=O)N(CC=C(C)C)C(C)(C)C. The van der Waals surface area contributed by atoms with Gasteiger partial charge in [0, 0.05) is 12.1 Å². The Hall–Kier alpha value is -1.12. The molecule has 0 rings (SSSR count). The van der Waals surface area contributed by atoms with E-state index in [9.17, 15) is 9.59 Å². The van der Waals surface area contributed by atoms with Gasteiger partial charge in [-0.2, -0.15) is 0 Å². The van der Waals surface area contributed by atoms with E-state index in [0.717, 1.165) is 0 Å². The van der Waals surface area contributed by atoms with Crippen molar-refractivity contribution in [1.29, 1.82) is 0 Å². The Morgan fingerprint density at radius 2 is 1.62 bits per heavy atom. The molecule has 0 radical (unpaired) electrons. The number of allylic oxidation sites excluding steroid dienone is 1. The molecule has 0 aliphatic rings. The van der Waals surface area contributed by atoms with Gasteiger partial charge in [-0.1, -0.05) is 11.6 Å². The summed E-state index contributed by atoms with van der Waals surface area (Å²) in [4.78, 5) is 24.6. The first-order valence-electron chi connectivity index (χ1n) is 5.58. The fraction of sp³-hybridized carbons (Fsp3) is 0.692. The van der Waals surface area contributed by atoms with Crippen LogP contribution in [0.3, 0.4) is 0 Å². The molecular weight excluding hydrogens is 202 g/mol. The van der Waals surface area contributed by atoms with Crippen LogP contribution in [-0.2, 0) is 9.59 Å². The minimum atomic E-state index is -0.252. The van der Waals surface area contributed by atoms with Crippen molar-refractivity contribution in [3.8, 4) is 0 Å². The predicted octanol–water partition coefficient (Wildman–Crippen LogP) is 2.56. The number of hydrogen-bond donors (Lipinski definition) is 0. The van der Waals surface area contributed by atoms with Crippen molar-refractivity contribution in [2.24, 2.45) is 0 Å². The second-order valence-corrected chi connectivity index (χ2v) is 5.34. The summed E-state index contributed by atoms with van der Waals surface area (Å²) in [7, 11) is 0. The normalized spacial score (nSPS) is 10.9. The van der Waals surface area contributed by atoms with Crippen LogP contribution in [0.2, 0.25) is 0 Å². The molecule has 0 aliphatic heterocycles. The first kappa shape index (κ1) is 14.9. The van der Waals surface area contributed by atoms with E-state index in [-0.39, 0.29) is 23.7 Å². The van der Waals surface area contributed by atoms with Gasteiger partial charge in [-0.3, -0.25) is 9.59 Å². The van der Waals surface area contributed by atoms with Crippen molar-refractivity contribution in [2.75, 3.05) is 6.54 Å². The third-order valence-electron chi connectivity index (χ3n) is 2.19. The van der Waals surface area contributed by atoms with Crippen LogP contribution in [0.25, 0.3) is 0 Å². The third-order valence-corrected chi connectivity index (χ3v) is 2.19. The minimum absolute atomic E-state index is 0.00608. The number of ketones is 1. The molecule has 0 heterocycles. The van der Waals surface area contributed by atoms with Crippen molar-refractivity contribution >= 4 is 11.7 Å². The lowest BCUT2D eigenvalue weighted by atomic mass is 10.0. The maximum atomic E-state index is 11.9. The predicted molar refractivity (Wildman–Crippen MR) is 66.2 cm³/mol. The zero-order valence-corrected chi connectivity index (χ0v) is 11.3. The van der Waals surface area contributed by atoms with E-state index in [1.165, 1.54) is 12.5 Å². The molecule has 0 atom stereocenters. The Labute approximate surface area is 98.5 Å². The van der Waals surface area contributed by atoms with Crippen LogP contribution < -0.4 is 0 Å². The van der Waals surface area contributed by atoms with Crippen LogP contribution in [0.15, 0.2) is 11.6 Å². The molecule has 1 amide bonds. The summed E-state index contributed by atoms with van der Waals surface area (Å²) in [6.07, 6.45) is 2.00. The van der Waals surface area contributed by atoms with Gasteiger partial charge in [0.05, 0.1) is 6.42 Å². The van der Waals surface area contributed by atoms with Crippen LogP contribution >= 0.6 is 0 Å². The number of nitrogens with zero attached hydrogens (tertiary/aromatic N) is 1. The quantitative estimate of drug-likeness (QED) is 0.544. The summed E-state index contributed by atoms with van der Waals surface area (Å²) in [5, 5.41) is 0. The highest BCUT2D eigenvalue weighted by molar-refractivity contribution is 5.97. The van der Waals surface area contributed by atoms with E-state index in [1.54, 1.807) is 4.90 Å². The van der Waals surface area contributed by atoms with Gasteiger partial charge >= 0.3 is 0 Å². The van der Waals surface area contributed by atoms with Crippen LogP contribution in [0, 0.1) is 0 Å².